The number of benzene rings is 11. The fraction of sp³-hybridized carbons (Fsp3) is 0. The van der Waals surface area contributed by atoms with Crippen LogP contribution in [0.15, 0.2) is 261 Å². The van der Waals surface area contributed by atoms with Crippen molar-refractivity contribution in [3.63, 3.8) is 0 Å². The van der Waals surface area contributed by atoms with Crippen LogP contribution < -0.4 is 9.80 Å². The highest BCUT2D eigenvalue weighted by molar-refractivity contribution is 6.08. The van der Waals surface area contributed by atoms with E-state index in [4.69, 9.17) is 0 Å². The molecule has 0 fully saturated rings. The Labute approximate surface area is 384 Å². The molecule has 0 N–H and O–H groups in total. The third kappa shape index (κ3) is 7.10. The first-order valence-electron chi connectivity index (χ1n) is 22.5. The minimum Gasteiger partial charge on any atom is -0.310 e. The van der Waals surface area contributed by atoms with Crippen LogP contribution in [0, 0.1) is 0 Å². The average molecular weight is 842 g/mol. The van der Waals surface area contributed by atoms with Crippen LogP contribution >= 0.6 is 0 Å². The number of fused-ring (bicyclic) bond motifs is 4. The van der Waals surface area contributed by atoms with Gasteiger partial charge in [0.25, 0.3) is 0 Å². The Balaban J connectivity index is 1.12. The normalized spacial score (nSPS) is 11.3. The van der Waals surface area contributed by atoms with Crippen LogP contribution in [0.2, 0.25) is 0 Å². The lowest BCUT2D eigenvalue weighted by Gasteiger charge is -2.33. The summed E-state index contributed by atoms with van der Waals surface area (Å²) in [7, 11) is 0. The number of anilines is 6. The standard InChI is InChI=1S/C63H43N3/c1-3-16-47(17-4-1)57-22-11-24-59-58(57)23-12-25-60(59)66(54-20-5-2-6-21-54)62-27-13-26-61(63(62)52-30-31-53-43-64-39-38-51(53)41-52)65(56-37-34-45-15-8-10-19-49(45)42-56)55-35-32-46(33-36-55)50-29-28-44-14-7-9-18-48(44)40-50/h1-43H. The van der Waals surface area contributed by atoms with E-state index in [1.807, 2.05) is 12.4 Å². The van der Waals surface area contributed by atoms with Gasteiger partial charge in [-0.1, -0.05) is 176 Å². The molecule has 0 saturated carbocycles. The quantitative estimate of drug-likeness (QED) is 0.144. The van der Waals surface area contributed by atoms with Crippen molar-refractivity contribution in [2.24, 2.45) is 0 Å². The molecular formula is C63H43N3. The summed E-state index contributed by atoms with van der Waals surface area (Å²) >= 11 is 0. The number of aromatic nitrogens is 1. The molecule has 0 amide bonds. The fourth-order valence-electron chi connectivity index (χ4n) is 9.69. The molecule has 1 heterocycles. The summed E-state index contributed by atoms with van der Waals surface area (Å²) in [6, 6.07) is 90.3. The van der Waals surface area contributed by atoms with Crippen LogP contribution in [0.5, 0.6) is 0 Å². The SMILES string of the molecule is c1ccc(-c2cccc3c(N(c4ccccc4)c4cccc(N(c5ccc(-c6ccc7ccccc7c6)cc5)c5ccc6ccccc6c5)c4-c4ccc5cnccc5c4)cccc23)cc1. The molecule has 0 atom stereocenters. The van der Waals surface area contributed by atoms with Gasteiger partial charge in [-0.2, -0.15) is 0 Å². The van der Waals surface area contributed by atoms with Gasteiger partial charge in [0, 0.05) is 45.8 Å². The van der Waals surface area contributed by atoms with Crippen molar-refractivity contribution in [2.45, 2.75) is 0 Å². The summed E-state index contributed by atoms with van der Waals surface area (Å²) in [5.41, 5.74) is 13.4. The van der Waals surface area contributed by atoms with Crippen LogP contribution in [0.4, 0.5) is 34.1 Å². The van der Waals surface area contributed by atoms with Gasteiger partial charge < -0.3 is 9.80 Å². The molecule has 3 heteroatoms. The van der Waals surface area contributed by atoms with E-state index in [0.717, 1.165) is 56.0 Å². The van der Waals surface area contributed by atoms with Gasteiger partial charge in [-0.05, 0) is 133 Å². The van der Waals surface area contributed by atoms with E-state index < -0.39 is 0 Å². The Morgan fingerprint density at radius 2 is 0.803 bits per heavy atom. The molecule has 3 nitrogen and oxygen atoms in total. The van der Waals surface area contributed by atoms with Crippen LogP contribution in [-0.4, -0.2) is 4.98 Å². The second-order valence-electron chi connectivity index (χ2n) is 16.8. The Morgan fingerprint density at radius 1 is 0.273 bits per heavy atom. The van der Waals surface area contributed by atoms with E-state index in [0.29, 0.717) is 0 Å². The van der Waals surface area contributed by atoms with Crippen molar-refractivity contribution in [3.8, 4) is 33.4 Å². The molecule has 0 aliphatic carbocycles. The Morgan fingerprint density at radius 3 is 1.59 bits per heavy atom. The minimum atomic E-state index is 1.06. The number of para-hydroxylation sites is 1. The summed E-state index contributed by atoms with van der Waals surface area (Å²) in [4.78, 5) is 9.36. The maximum Gasteiger partial charge on any atom is 0.0561 e. The lowest BCUT2D eigenvalue weighted by Crippen LogP contribution is -2.16. The highest BCUT2D eigenvalue weighted by Gasteiger charge is 2.26. The molecule has 0 radical (unpaired) electrons. The molecule has 0 saturated heterocycles. The number of nitrogens with zero attached hydrogens (tertiary/aromatic N) is 3. The molecule has 12 aromatic rings. The van der Waals surface area contributed by atoms with Crippen molar-refractivity contribution in [3.05, 3.63) is 261 Å². The largest absolute Gasteiger partial charge is 0.310 e. The maximum atomic E-state index is 4.48. The molecule has 1 aromatic heterocycles. The molecule has 310 valence electrons. The third-order valence-corrected chi connectivity index (χ3v) is 12.9. The molecule has 66 heavy (non-hydrogen) atoms. The molecule has 0 spiro atoms. The van der Waals surface area contributed by atoms with E-state index in [9.17, 15) is 0 Å². The lowest BCUT2D eigenvalue weighted by atomic mass is 9.94. The van der Waals surface area contributed by atoms with Crippen LogP contribution in [0.25, 0.3) is 76.5 Å². The number of hydrogen-bond donors (Lipinski definition) is 0. The molecule has 0 bridgehead atoms. The molecular weight excluding hydrogens is 799 g/mol. The predicted octanol–water partition coefficient (Wildman–Crippen LogP) is 17.6. The molecule has 0 aliphatic rings. The van der Waals surface area contributed by atoms with Gasteiger partial charge in [-0.15, -0.1) is 0 Å². The van der Waals surface area contributed by atoms with Gasteiger partial charge in [0.05, 0.1) is 17.1 Å². The topological polar surface area (TPSA) is 19.4 Å². The highest BCUT2D eigenvalue weighted by Crippen LogP contribution is 2.51. The molecule has 0 aliphatic heterocycles. The van der Waals surface area contributed by atoms with Gasteiger partial charge in [-0.25, -0.2) is 0 Å². The first kappa shape index (κ1) is 38.9. The van der Waals surface area contributed by atoms with Gasteiger partial charge >= 0.3 is 0 Å². The van der Waals surface area contributed by atoms with Crippen LogP contribution in [0.1, 0.15) is 0 Å². The van der Waals surface area contributed by atoms with Crippen molar-refractivity contribution in [1.82, 2.24) is 4.98 Å². The van der Waals surface area contributed by atoms with Crippen molar-refractivity contribution >= 4 is 77.2 Å². The molecule has 12 rings (SSSR count). The van der Waals surface area contributed by atoms with E-state index in [1.54, 1.807) is 0 Å². The maximum absolute atomic E-state index is 4.48. The summed E-state index contributed by atoms with van der Waals surface area (Å²) in [5, 5.41) is 9.44. The van der Waals surface area contributed by atoms with E-state index in [2.05, 4.69) is 264 Å². The average Bonchev–Trinajstić information content (AvgIpc) is 3.39. The van der Waals surface area contributed by atoms with E-state index >= 15 is 0 Å². The van der Waals surface area contributed by atoms with E-state index in [-0.39, 0.29) is 0 Å². The Bertz CT molecular complexity index is 3710. The smallest absolute Gasteiger partial charge is 0.0561 e. The number of hydrogen-bond acceptors (Lipinski definition) is 3. The minimum absolute atomic E-state index is 1.06. The first-order valence-corrected chi connectivity index (χ1v) is 22.5. The monoisotopic (exact) mass is 841 g/mol. The van der Waals surface area contributed by atoms with Crippen molar-refractivity contribution < 1.29 is 0 Å². The van der Waals surface area contributed by atoms with Gasteiger partial charge in [0.1, 0.15) is 0 Å². The summed E-state index contributed by atoms with van der Waals surface area (Å²) < 4.78 is 0. The summed E-state index contributed by atoms with van der Waals surface area (Å²) in [6.45, 7) is 0. The second-order valence-corrected chi connectivity index (χ2v) is 16.8. The first-order chi connectivity index (χ1) is 32.7. The molecule has 11 aromatic carbocycles. The van der Waals surface area contributed by atoms with Gasteiger partial charge in [0.2, 0.25) is 0 Å². The second kappa shape index (κ2) is 16.7. The zero-order chi connectivity index (χ0) is 43.8. The predicted molar refractivity (Wildman–Crippen MR) is 280 cm³/mol. The molecule has 0 unspecified atom stereocenters. The van der Waals surface area contributed by atoms with Crippen molar-refractivity contribution in [2.75, 3.05) is 9.80 Å². The van der Waals surface area contributed by atoms with Crippen LogP contribution in [-0.2, 0) is 0 Å². The zero-order valence-electron chi connectivity index (χ0n) is 36.2. The number of pyridine rings is 1. The van der Waals surface area contributed by atoms with Crippen LogP contribution in [0.3, 0.4) is 0 Å². The Hall–Kier alpha value is -8.79. The number of rotatable bonds is 9. The summed E-state index contributed by atoms with van der Waals surface area (Å²) in [6.07, 6.45) is 3.83. The highest BCUT2D eigenvalue weighted by atomic mass is 15.2. The van der Waals surface area contributed by atoms with Gasteiger partial charge in [-0.3, -0.25) is 4.98 Å². The summed E-state index contributed by atoms with van der Waals surface area (Å²) in [5.74, 6) is 0. The zero-order valence-corrected chi connectivity index (χ0v) is 36.2. The third-order valence-electron chi connectivity index (χ3n) is 12.9. The van der Waals surface area contributed by atoms with Crippen molar-refractivity contribution in [1.29, 1.82) is 0 Å². The lowest BCUT2D eigenvalue weighted by molar-refractivity contribution is 1.26. The Kier molecular flexibility index (Phi) is 9.85. The van der Waals surface area contributed by atoms with Gasteiger partial charge in [0.15, 0.2) is 0 Å². The fourth-order valence-corrected chi connectivity index (χ4v) is 9.69. The van der Waals surface area contributed by atoms with E-state index in [1.165, 1.54) is 54.6 Å².